The molecule has 0 amide bonds. The van der Waals surface area contributed by atoms with E-state index in [-0.39, 0.29) is 19.1 Å². The summed E-state index contributed by atoms with van der Waals surface area (Å²) in [7, 11) is -3.27. The molecule has 1 N–H and O–H groups in total. The average Bonchev–Trinajstić information content (AvgIpc) is 3.30. The highest BCUT2D eigenvalue weighted by Crippen LogP contribution is 2.36. The molecule has 9 nitrogen and oxygen atoms in total. The maximum absolute atomic E-state index is 13.9. The second-order valence-electron chi connectivity index (χ2n) is 7.05. The molecule has 0 spiro atoms. The van der Waals surface area contributed by atoms with Gasteiger partial charge in [0.25, 0.3) is 0 Å². The quantitative estimate of drug-likeness (QED) is 0.256. The van der Waals surface area contributed by atoms with Crippen LogP contribution in [0.5, 0.6) is 11.5 Å². The van der Waals surface area contributed by atoms with E-state index < -0.39 is 16.1 Å². The zero-order chi connectivity index (χ0) is 22.2. The number of imidazole rings is 1. The lowest BCUT2D eigenvalue weighted by molar-refractivity contribution is 0.174. The first-order valence-corrected chi connectivity index (χ1v) is 12.4. The highest BCUT2D eigenvalue weighted by atomic mass is 127. The lowest BCUT2D eigenvalue weighted by atomic mass is 10.1. The van der Waals surface area contributed by atoms with Crippen molar-refractivity contribution >= 4 is 43.8 Å². The van der Waals surface area contributed by atoms with Crippen molar-refractivity contribution in [3.63, 3.8) is 0 Å². The van der Waals surface area contributed by atoms with Gasteiger partial charge in [0.05, 0.1) is 11.4 Å². The smallest absolute Gasteiger partial charge is 0.310 e. The third-order valence-electron chi connectivity index (χ3n) is 4.97. The van der Waals surface area contributed by atoms with Gasteiger partial charge in [0.2, 0.25) is 16.8 Å². The molecule has 31 heavy (non-hydrogen) atoms. The molecule has 0 atom stereocenters. The molecule has 12 heteroatoms. The molecule has 3 aromatic rings. The summed E-state index contributed by atoms with van der Waals surface area (Å²) in [6.07, 6.45) is 0.148. The van der Waals surface area contributed by atoms with Crippen molar-refractivity contribution in [2.24, 2.45) is 0 Å². The Bertz CT molecular complexity index is 1250. The molecular formula is C19H21FIN5O4S. The van der Waals surface area contributed by atoms with Crippen LogP contribution >= 0.6 is 22.6 Å². The second kappa shape index (κ2) is 8.82. The molecular weight excluding hydrogens is 540 g/mol. The number of aryl methyl sites for hydroxylation is 2. The van der Waals surface area contributed by atoms with Crippen LogP contribution in [-0.2, 0) is 23.0 Å². The van der Waals surface area contributed by atoms with E-state index in [0.717, 1.165) is 9.13 Å². The van der Waals surface area contributed by atoms with Crippen LogP contribution in [0.4, 0.5) is 4.39 Å². The summed E-state index contributed by atoms with van der Waals surface area (Å²) < 4.78 is 53.6. The second-order valence-corrected chi connectivity index (χ2v) is 10.3. The summed E-state index contributed by atoms with van der Waals surface area (Å²) in [5.74, 6) is 2.09. The molecule has 0 bridgehead atoms. The number of hydrogen-bond acceptors (Lipinski definition) is 7. The van der Waals surface area contributed by atoms with Gasteiger partial charge in [-0.2, -0.15) is 9.37 Å². The minimum atomic E-state index is -3.27. The zero-order valence-electron chi connectivity index (χ0n) is 17.0. The fourth-order valence-corrected chi connectivity index (χ4v) is 4.64. The van der Waals surface area contributed by atoms with E-state index in [1.807, 2.05) is 16.7 Å². The van der Waals surface area contributed by atoms with Gasteiger partial charge in [-0.3, -0.25) is 0 Å². The van der Waals surface area contributed by atoms with Crippen molar-refractivity contribution in [1.82, 2.24) is 24.2 Å². The van der Waals surface area contributed by atoms with Gasteiger partial charge in [-0.05, 0) is 60.6 Å². The van der Waals surface area contributed by atoms with E-state index in [1.54, 1.807) is 13.8 Å². The molecule has 1 aliphatic heterocycles. The largest absolute Gasteiger partial charge is 0.454 e. The number of sulfonamides is 1. The van der Waals surface area contributed by atoms with Crippen LogP contribution in [0.3, 0.4) is 0 Å². The van der Waals surface area contributed by atoms with E-state index in [0.29, 0.717) is 53.6 Å². The molecule has 0 saturated heterocycles. The molecule has 0 fully saturated rings. The Morgan fingerprint density at radius 1 is 1.23 bits per heavy atom. The van der Waals surface area contributed by atoms with Crippen molar-refractivity contribution in [1.29, 1.82) is 0 Å². The number of fused-ring (bicyclic) bond motifs is 2. The maximum Gasteiger partial charge on any atom is 0.310 e. The number of nitrogens with zero attached hydrogens (tertiary/aromatic N) is 4. The van der Waals surface area contributed by atoms with E-state index in [1.165, 1.54) is 0 Å². The summed E-state index contributed by atoms with van der Waals surface area (Å²) in [5, 5.41) is 0. The highest BCUT2D eigenvalue weighted by Gasteiger charge is 2.20. The van der Waals surface area contributed by atoms with Gasteiger partial charge in [-0.1, -0.05) is 0 Å². The van der Waals surface area contributed by atoms with Gasteiger partial charge in [0.15, 0.2) is 17.1 Å². The van der Waals surface area contributed by atoms with Crippen molar-refractivity contribution in [3.05, 3.63) is 38.9 Å². The Kier molecular flexibility index (Phi) is 6.30. The summed E-state index contributed by atoms with van der Waals surface area (Å²) in [6, 6.07) is 3.83. The average molecular weight is 561 g/mol. The Balaban J connectivity index is 1.66. The van der Waals surface area contributed by atoms with E-state index in [9.17, 15) is 12.8 Å². The first kappa shape index (κ1) is 22.1. The maximum atomic E-state index is 13.9. The fraction of sp³-hybridized carbons (Fsp3) is 0.421. The van der Waals surface area contributed by atoms with Crippen LogP contribution in [0, 0.1) is 16.6 Å². The van der Waals surface area contributed by atoms with Gasteiger partial charge in [0.1, 0.15) is 11.3 Å². The zero-order valence-corrected chi connectivity index (χ0v) is 20.0. The van der Waals surface area contributed by atoms with Crippen LogP contribution in [0.2, 0.25) is 0 Å². The lowest BCUT2D eigenvalue weighted by Crippen LogP contribution is -2.27. The molecule has 0 unspecified atom stereocenters. The third kappa shape index (κ3) is 4.75. The minimum Gasteiger partial charge on any atom is -0.454 e. The van der Waals surface area contributed by atoms with Gasteiger partial charge < -0.3 is 14.0 Å². The van der Waals surface area contributed by atoms with Crippen LogP contribution < -0.4 is 14.2 Å². The molecule has 0 radical (unpaired) electrons. The number of benzene rings is 1. The number of ether oxygens (including phenoxy) is 2. The number of rotatable bonds is 8. The van der Waals surface area contributed by atoms with E-state index >= 15 is 0 Å². The Morgan fingerprint density at radius 2 is 1.97 bits per heavy atom. The van der Waals surface area contributed by atoms with E-state index in [2.05, 4.69) is 42.3 Å². The Labute approximate surface area is 192 Å². The molecule has 166 valence electrons. The number of halogens is 2. The SMILES string of the molecule is CCS(=O)(=O)NCCCn1c(Cc2cc3c(cc2I)OCO3)nc2c(C)nc(F)nc21. The molecule has 4 rings (SSSR count). The van der Waals surface area contributed by atoms with Gasteiger partial charge in [-0.25, -0.2) is 23.1 Å². The van der Waals surface area contributed by atoms with Crippen LogP contribution in [-0.4, -0.2) is 47.0 Å². The minimum absolute atomic E-state index is 0.0203. The monoisotopic (exact) mass is 561 g/mol. The fourth-order valence-electron chi connectivity index (χ4n) is 3.35. The lowest BCUT2D eigenvalue weighted by Gasteiger charge is -2.11. The predicted molar refractivity (Wildman–Crippen MR) is 120 cm³/mol. The number of aromatic nitrogens is 4. The van der Waals surface area contributed by atoms with Crippen LogP contribution in [0.15, 0.2) is 12.1 Å². The standard InChI is InChI=1S/C19H21FIN5O4S/c1-3-31(27,28)22-5-4-6-26-16(24-17-11(2)23-19(20)25-18(17)26)8-12-7-14-15(9-13(12)21)30-10-29-14/h7,9,22H,3-6,8,10H2,1-2H3. The highest BCUT2D eigenvalue weighted by molar-refractivity contribution is 14.1. The van der Waals surface area contributed by atoms with Crippen molar-refractivity contribution < 1.29 is 22.3 Å². The van der Waals surface area contributed by atoms with Crippen LogP contribution in [0.25, 0.3) is 11.2 Å². The molecule has 3 heterocycles. The Morgan fingerprint density at radius 3 is 2.71 bits per heavy atom. The third-order valence-corrected chi connectivity index (χ3v) is 7.38. The summed E-state index contributed by atoms with van der Waals surface area (Å²) in [5.41, 5.74) is 2.36. The van der Waals surface area contributed by atoms with Crippen molar-refractivity contribution in [3.8, 4) is 11.5 Å². The Hall–Kier alpha value is -2.06. The number of nitrogens with one attached hydrogen (secondary N) is 1. The predicted octanol–water partition coefficient (Wildman–Crippen LogP) is 2.53. The topological polar surface area (TPSA) is 108 Å². The molecule has 1 aromatic carbocycles. The molecule has 1 aliphatic rings. The number of hydrogen-bond donors (Lipinski definition) is 1. The summed E-state index contributed by atoms with van der Waals surface area (Å²) in [4.78, 5) is 12.4. The summed E-state index contributed by atoms with van der Waals surface area (Å²) in [6.45, 7) is 4.15. The van der Waals surface area contributed by atoms with Gasteiger partial charge in [-0.15, -0.1) is 0 Å². The first-order valence-electron chi connectivity index (χ1n) is 9.72. The normalized spacial score (nSPS) is 13.3. The molecule has 0 saturated carbocycles. The van der Waals surface area contributed by atoms with Crippen molar-refractivity contribution in [2.75, 3.05) is 19.1 Å². The molecule has 0 aliphatic carbocycles. The molecule has 2 aromatic heterocycles. The van der Waals surface area contributed by atoms with Gasteiger partial charge >= 0.3 is 6.08 Å². The first-order chi connectivity index (χ1) is 14.8. The van der Waals surface area contributed by atoms with E-state index in [4.69, 9.17) is 9.47 Å². The van der Waals surface area contributed by atoms with Crippen molar-refractivity contribution in [2.45, 2.75) is 33.2 Å². The summed E-state index contributed by atoms with van der Waals surface area (Å²) >= 11 is 2.23. The van der Waals surface area contributed by atoms with Crippen LogP contribution in [0.1, 0.15) is 30.4 Å². The van der Waals surface area contributed by atoms with Gasteiger partial charge in [0, 0.05) is 23.1 Å².